The van der Waals surface area contributed by atoms with E-state index in [0.29, 0.717) is 10.7 Å². The van der Waals surface area contributed by atoms with E-state index in [1.54, 1.807) is 17.6 Å². The Labute approximate surface area is 81.0 Å². The first-order chi connectivity index (χ1) is 6.13. The number of nitrogens with zero attached hydrogens (tertiary/aromatic N) is 1. The topological polar surface area (TPSA) is 70.6 Å². The van der Waals surface area contributed by atoms with Crippen molar-refractivity contribution in [1.82, 2.24) is 5.48 Å². The van der Waals surface area contributed by atoms with Crippen LogP contribution >= 0.6 is 11.6 Å². The van der Waals surface area contributed by atoms with Crippen molar-refractivity contribution >= 4 is 23.2 Å². The van der Waals surface area contributed by atoms with Crippen molar-refractivity contribution < 1.29 is 5.21 Å². The molecule has 0 radical (unpaired) electrons. The second kappa shape index (κ2) is 4.11. The fourth-order valence-corrected chi connectivity index (χ4v) is 0.990. The van der Waals surface area contributed by atoms with Crippen LogP contribution in [0.1, 0.15) is 5.56 Å². The summed E-state index contributed by atoms with van der Waals surface area (Å²) in [6, 6.07) is 5.25. The van der Waals surface area contributed by atoms with Crippen LogP contribution in [0.25, 0.3) is 0 Å². The van der Waals surface area contributed by atoms with Gasteiger partial charge in [0.05, 0.1) is 5.69 Å². The molecule has 0 saturated carbocycles. The standard InChI is InChI=1S/C8H10ClN3O/c1-5-2-3-6(4-7(5)9)11-8(10)12-13/h2-4,13H,1H3,(H3,10,11,12). The Morgan fingerprint density at radius 2 is 2.31 bits per heavy atom. The first-order valence-electron chi connectivity index (χ1n) is 3.64. The van der Waals surface area contributed by atoms with Gasteiger partial charge in [-0.15, -0.1) is 0 Å². The summed E-state index contributed by atoms with van der Waals surface area (Å²) in [7, 11) is 0. The molecule has 0 heterocycles. The lowest BCUT2D eigenvalue weighted by atomic mass is 10.2. The van der Waals surface area contributed by atoms with Gasteiger partial charge in [-0.2, -0.15) is 0 Å². The van der Waals surface area contributed by atoms with Crippen LogP contribution in [-0.4, -0.2) is 11.2 Å². The van der Waals surface area contributed by atoms with Crippen LogP contribution < -0.4 is 11.2 Å². The van der Waals surface area contributed by atoms with Gasteiger partial charge in [0.25, 0.3) is 0 Å². The first kappa shape index (κ1) is 9.83. The van der Waals surface area contributed by atoms with E-state index in [4.69, 9.17) is 22.5 Å². The quantitative estimate of drug-likeness (QED) is 0.365. The van der Waals surface area contributed by atoms with E-state index in [9.17, 15) is 0 Å². The van der Waals surface area contributed by atoms with Gasteiger partial charge in [0.15, 0.2) is 0 Å². The van der Waals surface area contributed by atoms with E-state index in [1.807, 2.05) is 13.0 Å². The maximum atomic E-state index is 8.38. The number of nitrogens with two attached hydrogens (primary N) is 1. The van der Waals surface area contributed by atoms with Crippen LogP contribution in [0.2, 0.25) is 5.02 Å². The summed E-state index contributed by atoms with van der Waals surface area (Å²) in [4.78, 5) is 3.83. The second-order valence-electron chi connectivity index (χ2n) is 2.54. The third-order valence-electron chi connectivity index (χ3n) is 1.52. The summed E-state index contributed by atoms with van der Waals surface area (Å²) in [6.07, 6.45) is 0. The third kappa shape index (κ3) is 2.61. The van der Waals surface area contributed by atoms with E-state index in [-0.39, 0.29) is 5.96 Å². The summed E-state index contributed by atoms with van der Waals surface area (Å²) in [5.74, 6) is -0.0695. The average molecular weight is 200 g/mol. The molecule has 0 aliphatic rings. The Balaban J connectivity index is 2.98. The lowest BCUT2D eigenvalue weighted by Gasteiger charge is -2.00. The van der Waals surface area contributed by atoms with Gasteiger partial charge in [0.1, 0.15) is 0 Å². The summed E-state index contributed by atoms with van der Waals surface area (Å²) < 4.78 is 0. The van der Waals surface area contributed by atoms with Crippen molar-refractivity contribution in [3.8, 4) is 0 Å². The lowest BCUT2D eigenvalue weighted by molar-refractivity contribution is 0.233. The molecule has 0 spiro atoms. The smallest absolute Gasteiger partial charge is 0.218 e. The Bertz CT molecular complexity index is 338. The van der Waals surface area contributed by atoms with Crippen LogP contribution in [0.15, 0.2) is 23.2 Å². The maximum absolute atomic E-state index is 8.38. The number of halogens is 1. The Morgan fingerprint density at radius 3 is 2.85 bits per heavy atom. The summed E-state index contributed by atoms with van der Waals surface area (Å²) in [6.45, 7) is 1.89. The van der Waals surface area contributed by atoms with E-state index in [1.165, 1.54) is 0 Å². The second-order valence-corrected chi connectivity index (χ2v) is 2.95. The minimum Gasteiger partial charge on any atom is -0.368 e. The molecule has 13 heavy (non-hydrogen) atoms. The number of hydrogen-bond donors (Lipinski definition) is 3. The molecule has 4 N–H and O–H groups in total. The monoisotopic (exact) mass is 199 g/mol. The number of aliphatic imine (C=N–C) groups is 1. The molecule has 0 bridgehead atoms. The number of rotatable bonds is 1. The number of nitrogens with one attached hydrogen (secondary N) is 1. The minimum atomic E-state index is -0.0695. The molecule has 0 aromatic heterocycles. The fourth-order valence-electron chi connectivity index (χ4n) is 0.815. The normalized spacial score (nSPS) is 11.5. The highest BCUT2D eigenvalue weighted by atomic mass is 35.5. The molecule has 0 aliphatic heterocycles. The van der Waals surface area contributed by atoms with Crippen molar-refractivity contribution in [2.24, 2.45) is 10.7 Å². The highest BCUT2D eigenvalue weighted by Gasteiger charge is 1.96. The summed E-state index contributed by atoms with van der Waals surface area (Å²) in [5.41, 5.74) is 8.53. The molecule has 5 heteroatoms. The first-order valence-corrected chi connectivity index (χ1v) is 4.01. The average Bonchev–Trinajstić information content (AvgIpc) is 2.11. The predicted octanol–water partition coefficient (Wildman–Crippen LogP) is 1.57. The highest BCUT2D eigenvalue weighted by molar-refractivity contribution is 6.31. The molecular weight excluding hydrogens is 190 g/mol. The van der Waals surface area contributed by atoms with Crippen molar-refractivity contribution in [3.63, 3.8) is 0 Å². The van der Waals surface area contributed by atoms with E-state index >= 15 is 0 Å². The number of hydrogen-bond acceptors (Lipinski definition) is 2. The van der Waals surface area contributed by atoms with Crippen molar-refractivity contribution in [2.75, 3.05) is 0 Å². The van der Waals surface area contributed by atoms with Crippen molar-refractivity contribution in [1.29, 1.82) is 0 Å². The van der Waals surface area contributed by atoms with E-state index in [0.717, 1.165) is 5.56 Å². The Kier molecular flexibility index (Phi) is 3.11. The molecule has 0 amide bonds. The van der Waals surface area contributed by atoms with Gasteiger partial charge in [0, 0.05) is 5.02 Å². The minimum absolute atomic E-state index is 0.0695. The zero-order valence-corrected chi connectivity index (χ0v) is 7.84. The van der Waals surface area contributed by atoms with Gasteiger partial charge in [-0.3, -0.25) is 5.21 Å². The van der Waals surface area contributed by atoms with Gasteiger partial charge < -0.3 is 5.73 Å². The molecule has 0 aliphatic carbocycles. The predicted molar refractivity (Wildman–Crippen MR) is 52.4 cm³/mol. The largest absolute Gasteiger partial charge is 0.368 e. The van der Waals surface area contributed by atoms with Gasteiger partial charge in [-0.1, -0.05) is 17.7 Å². The fraction of sp³-hybridized carbons (Fsp3) is 0.125. The van der Waals surface area contributed by atoms with Crippen LogP contribution in [0, 0.1) is 6.92 Å². The van der Waals surface area contributed by atoms with Crippen LogP contribution in [0.5, 0.6) is 0 Å². The van der Waals surface area contributed by atoms with E-state index in [2.05, 4.69) is 4.99 Å². The van der Waals surface area contributed by atoms with Crippen molar-refractivity contribution in [3.05, 3.63) is 28.8 Å². The summed E-state index contributed by atoms with van der Waals surface area (Å²) >= 11 is 5.85. The van der Waals surface area contributed by atoms with Gasteiger partial charge in [-0.25, -0.2) is 10.5 Å². The Hall–Kier alpha value is -1.26. The lowest BCUT2D eigenvalue weighted by Crippen LogP contribution is -2.27. The van der Waals surface area contributed by atoms with Gasteiger partial charge >= 0.3 is 0 Å². The molecule has 1 rings (SSSR count). The molecule has 70 valence electrons. The third-order valence-corrected chi connectivity index (χ3v) is 1.93. The zero-order valence-electron chi connectivity index (χ0n) is 7.08. The summed E-state index contributed by atoms with van der Waals surface area (Å²) in [5, 5.41) is 9.00. The van der Waals surface area contributed by atoms with Gasteiger partial charge in [0.2, 0.25) is 5.96 Å². The van der Waals surface area contributed by atoms with Crippen LogP contribution in [0.3, 0.4) is 0 Å². The zero-order chi connectivity index (χ0) is 9.84. The molecule has 1 aromatic rings. The van der Waals surface area contributed by atoms with E-state index < -0.39 is 0 Å². The van der Waals surface area contributed by atoms with Gasteiger partial charge in [-0.05, 0) is 24.6 Å². The molecule has 4 nitrogen and oxygen atoms in total. The molecule has 0 saturated heterocycles. The number of aryl methyl sites for hydroxylation is 1. The number of hydroxylamine groups is 1. The molecule has 0 atom stereocenters. The van der Waals surface area contributed by atoms with Crippen LogP contribution in [-0.2, 0) is 0 Å². The molecule has 0 fully saturated rings. The molecule has 0 unspecified atom stereocenters. The van der Waals surface area contributed by atoms with Crippen molar-refractivity contribution in [2.45, 2.75) is 6.92 Å². The highest BCUT2D eigenvalue weighted by Crippen LogP contribution is 2.21. The molecular formula is C8H10ClN3O. The maximum Gasteiger partial charge on any atom is 0.218 e. The Morgan fingerprint density at radius 1 is 1.62 bits per heavy atom. The SMILES string of the molecule is Cc1ccc(N=C(N)NO)cc1Cl. The van der Waals surface area contributed by atoms with Crippen LogP contribution in [0.4, 0.5) is 5.69 Å². The number of benzene rings is 1. The number of guanidine groups is 1. The molecule has 1 aromatic carbocycles.